The molecule has 0 bridgehead atoms. The molecule has 7 nitrogen and oxygen atoms in total. The summed E-state index contributed by atoms with van der Waals surface area (Å²) in [5, 5.41) is 2.96. The van der Waals surface area contributed by atoms with E-state index in [-0.39, 0.29) is 13.1 Å². The topological polar surface area (TPSA) is 111 Å². The lowest BCUT2D eigenvalue weighted by atomic mass is 10.4. The number of sulfonamides is 1. The van der Waals surface area contributed by atoms with E-state index in [0.717, 1.165) is 0 Å². The minimum absolute atomic E-state index is 0.0948. The van der Waals surface area contributed by atoms with E-state index in [1.54, 1.807) is 6.92 Å². The van der Waals surface area contributed by atoms with E-state index < -0.39 is 15.3 Å². The molecular weight excluding hydrogens is 220 g/mol. The van der Waals surface area contributed by atoms with Crippen LogP contribution in [0.1, 0.15) is 12.7 Å². The number of nitrogens with zero attached hydrogens (tertiary/aromatic N) is 2. The average molecular weight is 234 g/mol. The Labute approximate surface area is 88.1 Å². The quantitative estimate of drug-likeness (QED) is 0.645. The van der Waals surface area contributed by atoms with Crippen molar-refractivity contribution in [2.24, 2.45) is 5.73 Å². The third-order valence-corrected chi connectivity index (χ3v) is 3.78. The lowest BCUT2D eigenvalue weighted by Crippen LogP contribution is -2.38. The van der Waals surface area contributed by atoms with Gasteiger partial charge < -0.3 is 10.3 Å². The first-order chi connectivity index (χ1) is 7.06. The lowest BCUT2D eigenvalue weighted by Gasteiger charge is -2.10. The van der Waals surface area contributed by atoms with Crippen molar-refractivity contribution in [1.29, 1.82) is 0 Å². The van der Waals surface area contributed by atoms with Crippen LogP contribution in [-0.4, -0.2) is 36.9 Å². The summed E-state index contributed by atoms with van der Waals surface area (Å²) in [6.07, 6.45) is 1.60. The fourth-order valence-electron chi connectivity index (χ4n) is 0.877. The van der Waals surface area contributed by atoms with E-state index in [9.17, 15) is 8.42 Å². The summed E-state index contributed by atoms with van der Waals surface area (Å²) in [5.74, 6) is 0.470. The van der Waals surface area contributed by atoms with Crippen molar-refractivity contribution in [2.45, 2.75) is 18.6 Å². The van der Waals surface area contributed by atoms with Gasteiger partial charge >= 0.3 is 0 Å². The summed E-state index contributed by atoms with van der Waals surface area (Å²) in [6.45, 7) is 1.89. The molecule has 86 valence electrons. The van der Waals surface area contributed by atoms with Crippen LogP contribution in [0.2, 0.25) is 0 Å². The zero-order valence-corrected chi connectivity index (χ0v) is 9.20. The second-order valence-corrected chi connectivity index (χ2v) is 5.27. The van der Waals surface area contributed by atoms with Crippen molar-refractivity contribution in [2.75, 3.05) is 13.1 Å². The number of nitrogens with two attached hydrogens (primary N) is 1. The van der Waals surface area contributed by atoms with Crippen molar-refractivity contribution < 1.29 is 12.9 Å². The zero-order valence-electron chi connectivity index (χ0n) is 8.38. The predicted molar refractivity (Wildman–Crippen MR) is 53.4 cm³/mol. The molecule has 0 fully saturated rings. The summed E-state index contributed by atoms with van der Waals surface area (Å²) in [4.78, 5) is 3.76. The number of aromatic nitrogens is 2. The van der Waals surface area contributed by atoms with Gasteiger partial charge in [-0.3, -0.25) is 0 Å². The van der Waals surface area contributed by atoms with Crippen LogP contribution in [0.15, 0.2) is 10.9 Å². The molecule has 0 spiro atoms. The number of nitrogens with one attached hydrogen (secondary N) is 1. The fourth-order valence-corrected chi connectivity index (χ4v) is 1.80. The summed E-state index contributed by atoms with van der Waals surface area (Å²) in [7, 11) is -3.32. The standard InChI is InChI=1S/C7H14N4O3S/c1-6(4-8)15(12,13)10-3-2-7-9-5-14-11-7/h5-6,10H,2-4,8H2,1H3. The normalized spacial score (nSPS) is 14.0. The molecular formula is C7H14N4O3S. The molecule has 0 aromatic carbocycles. The Morgan fingerprint density at radius 3 is 2.93 bits per heavy atom. The van der Waals surface area contributed by atoms with Gasteiger partial charge in [0.1, 0.15) is 0 Å². The smallest absolute Gasteiger partial charge is 0.215 e. The largest absolute Gasteiger partial charge is 0.343 e. The van der Waals surface area contributed by atoms with E-state index in [4.69, 9.17) is 5.73 Å². The van der Waals surface area contributed by atoms with Crippen LogP contribution in [0.3, 0.4) is 0 Å². The highest BCUT2D eigenvalue weighted by Gasteiger charge is 2.18. The predicted octanol–water partition coefficient (Wildman–Crippen LogP) is -1.12. The zero-order chi connectivity index (χ0) is 11.3. The van der Waals surface area contributed by atoms with Gasteiger partial charge in [-0.2, -0.15) is 4.98 Å². The fraction of sp³-hybridized carbons (Fsp3) is 0.714. The molecule has 1 aromatic heterocycles. The first-order valence-corrected chi connectivity index (χ1v) is 6.04. The van der Waals surface area contributed by atoms with E-state index in [0.29, 0.717) is 12.2 Å². The van der Waals surface area contributed by atoms with Crippen LogP contribution in [0.4, 0.5) is 0 Å². The summed E-state index contributed by atoms with van der Waals surface area (Å²) in [5.41, 5.74) is 5.27. The third-order valence-electron chi connectivity index (χ3n) is 1.92. The van der Waals surface area contributed by atoms with Gasteiger partial charge in [-0.1, -0.05) is 5.16 Å². The van der Waals surface area contributed by atoms with Gasteiger partial charge in [0.2, 0.25) is 16.4 Å². The van der Waals surface area contributed by atoms with Gasteiger partial charge in [0.05, 0.1) is 5.25 Å². The highest BCUT2D eigenvalue weighted by atomic mass is 32.2. The van der Waals surface area contributed by atoms with Crippen LogP contribution in [0.25, 0.3) is 0 Å². The van der Waals surface area contributed by atoms with Crippen molar-refractivity contribution >= 4 is 10.0 Å². The van der Waals surface area contributed by atoms with Crippen molar-refractivity contribution in [3.8, 4) is 0 Å². The Balaban J connectivity index is 2.37. The van der Waals surface area contributed by atoms with Gasteiger partial charge in [0.15, 0.2) is 5.82 Å². The van der Waals surface area contributed by atoms with Gasteiger partial charge in [0, 0.05) is 19.5 Å². The molecule has 8 heteroatoms. The monoisotopic (exact) mass is 234 g/mol. The molecule has 0 saturated heterocycles. The van der Waals surface area contributed by atoms with Crippen LogP contribution >= 0.6 is 0 Å². The van der Waals surface area contributed by atoms with Gasteiger partial charge in [0.25, 0.3) is 0 Å². The van der Waals surface area contributed by atoms with Crippen LogP contribution < -0.4 is 10.5 Å². The number of hydrogen-bond acceptors (Lipinski definition) is 6. The minimum Gasteiger partial charge on any atom is -0.343 e. The minimum atomic E-state index is -3.32. The molecule has 1 aromatic rings. The molecule has 1 unspecified atom stereocenters. The van der Waals surface area contributed by atoms with Gasteiger partial charge in [-0.05, 0) is 6.92 Å². The van der Waals surface area contributed by atoms with E-state index in [1.807, 2.05) is 0 Å². The molecule has 1 atom stereocenters. The molecule has 0 saturated carbocycles. The second kappa shape index (κ2) is 5.19. The Kier molecular flexibility index (Phi) is 4.18. The van der Waals surface area contributed by atoms with Crippen molar-refractivity contribution in [3.63, 3.8) is 0 Å². The Hall–Kier alpha value is -0.990. The maximum Gasteiger partial charge on any atom is 0.215 e. The Bertz CT molecular complexity index is 375. The average Bonchev–Trinajstić information content (AvgIpc) is 2.69. The van der Waals surface area contributed by atoms with Crippen molar-refractivity contribution in [3.05, 3.63) is 12.2 Å². The molecule has 0 aliphatic carbocycles. The Morgan fingerprint density at radius 1 is 1.67 bits per heavy atom. The molecule has 15 heavy (non-hydrogen) atoms. The summed E-state index contributed by atoms with van der Waals surface area (Å²) in [6, 6.07) is 0. The SMILES string of the molecule is CC(CN)S(=O)(=O)NCCc1ncon1. The van der Waals surface area contributed by atoms with Crippen molar-refractivity contribution in [1.82, 2.24) is 14.9 Å². The van der Waals surface area contributed by atoms with Gasteiger partial charge in [-0.15, -0.1) is 0 Å². The third kappa shape index (κ3) is 3.57. The number of hydrogen-bond donors (Lipinski definition) is 2. The summed E-state index contributed by atoms with van der Waals surface area (Å²) >= 11 is 0. The second-order valence-electron chi connectivity index (χ2n) is 3.08. The van der Waals surface area contributed by atoms with E-state index in [1.165, 1.54) is 6.39 Å². The first-order valence-electron chi connectivity index (χ1n) is 4.50. The number of rotatable bonds is 6. The van der Waals surface area contributed by atoms with Crippen LogP contribution in [-0.2, 0) is 16.4 Å². The van der Waals surface area contributed by atoms with Crippen LogP contribution in [0, 0.1) is 0 Å². The molecule has 1 heterocycles. The van der Waals surface area contributed by atoms with E-state index in [2.05, 4.69) is 19.4 Å². The molecule has 1 rings (SSSR count). The molecule has 0 amide bonds. The molecule has 3 N–H and O–H groups in total. The maximum atomic E-state index is 11.4. The highest BCUT2D eigenvalue weighted by Crippen LogP contribution is 1.96. The molecule has 0 aliphatic heterocycles. The Morgan fingerprint density at radius 2 is 2.40 bits per heavy atom. The molecule has 0 aliphatic rings. The lowest BCUT2D eigenvalue weighted by molar-refractivity contribution is 0.409. The molecule has 0 radical (unpaired) electrons. The first kappa shape index (κ1) is 12.1. The summed E-state index contributed by atoms with van der Waals surface area (Å²) < 4.78 is 29.8. The van der Waals surface area contributed by atoms with Crippen LogP contribution in [0.5, 0.6) is 0 Å². The maximum absolute atomic E-state index is 11.4. The van der Waals surface area contributed by atoms with E-state index >= 15 is 0 Å². The van der Waals surface area contributed by atoms with Gasteiger partial charge in [-0.25, -0.2) is 13.1 Å². The highest BCUT2D eigenvalue weighted by molar-refractivity contribution is 7.90.